The van der Waals surface area contributed by atoms with E-state index in [-0.39, 0.29) is 0 Å². The molecule has 0 saturated heterocycles. The average molecular weight is 251 g/mol. The molecule has 0 radical (unpaired) electrons. The van der Waals surface area contributed by atoms with Crippen molar-refractivity contribution in [1.82, 2.24) is 4.90 Å². The van der Waals surface area contributed by atoms with Gasteiger partial charge in [-0.2, -0.15) is 0 Å². The van der Waals surface area contributed by atoms with Gasteiger partial charge in [0, 0.05) is 12.6 Å². The predicted octanol–water partition coefficient (Wildman–Crippen LogP) is 5.02. The highest BCUT2D eigenvalue weighted by molar-refractivity contribution is 5.01. The van der Waals surface area contributed by atoms with Gasteiger partial charge < -0.3 is 0 Å². The Morgan fingerprint density at radius 3 is 2.44 bits per heavy atom. The Morgan fingerprint density at radius 2 is 1.89 bits per heavy atom. The van der Waals surface area contributed by atoms with Gasteiger partial charge in [-0.1, -0.05) is 50.7 Å². The molecule has 1 nitrogen and oxygen atoms in total. The fraction of sp³-hybridized carbons (Fsp3) is 0.882. The monoisotopic (exact) mass is 251 g/mol. The van der Waals surface area contributed by atoms with Crippen LogP contribution in [0.4, 0.5) is 0 Å². The third-order valence-electron chi connectivity index (χ3n) is 4.25. The highest BCUT2D eigenvalue weighted by atomic mass is 15.1. The number of allylic oxidation sites excluding steroid dienone is 1. The molecule has 0 aromatic rings. The van der Waals surface area contributed by atoms with Gasteiger partial charge >= 0.3 is 0 Å². The van der Waals surface area contributed by atoms with E-state index in [0.29, 0.717) is 6.04 Å². The zero-order valence-electron chi connectivity index (χ0n) is 13.0. The van der Waals surface area contributed by atoms with Crippen molar-refractivity contribution in [3.63, 3.8) is 0 Å². The minimum absolute atomic E-state index is 0.670. The van der Waals surface area contributed by atoms with Gasteiger partial charge in [0.1, 0.15) is 0 Å². The summed E-state index contributed by atoms with van der Waals surface area (Å²) in [6.07, 6.45) is 12.4. The first-order valence-corrected chi connectivity index (χ1v) is 8.03. The van der Waals surface area contributed by atoms with E-state index in [4.69, 9.17) is 0 Å². The van der Waals surface area contributed by atoms with Gasteiger partial charge in [-0.3, -0.25) is 4.90 Å². The predicted molar refractivity (Wildman–Crippen MR) is 81.9 cm³/mol. The molecule has 0 aromatic heterocycles. The first-order valence-electron chi connectivity index (χ1n) is 8.03. The molecular formula is C17H33N. The van der Waals surface area contributed by atoms with Crippen molar-refractivity contribution in [2.45, 2.75) is 78.7 Å². The normalized spacial score (nSPS) is 18.9. The summed E-state index contributed by atoms with van der Waals surface area (Å²) < 4.78 is 0. The van der Waals surface area contributed by atoms with Crippen LogP contribution in [0.15, 0.2) is 11.6 Å². The fourth-order valence-electron chi connectivity index (χ4n) is 3.05. The van der Waals surface area contributed by atoms with Crippen molar-refractivity contribution in [3.8, 4) is 0 Å². The van der Waals surface area contributed by atoms with E-state index < -0.39 is 0 Å². The molecule has 1 aliphatic carbocycles. The molecule has 0 atom stereocenters. The molecule has 0 bridgehead atoms. The Labute approximate surface area is 115 Å². The van der Waals surface area contributed by atoms with Crippen LogP contribution >= 0.6 is 0 Å². The van der Waals surface area contributed by atoms with Gasteiger partial charge in [0.15, 0.2) is 0 Å². The van der Waals surface area contributed by atoms with E-state index in [9.17, 15) is 0 Å². The second-order valence-electron chi connectivity index (χ2n) is 6.35. The minimum Gasteiger partial charge on any atom is -0.297 e. The van der Waals surface area contributed by atoms with Crippen LogP contribution in [0.5, 0.6) is 0 Å². The van der Waals surface area contributed by atoms with Gasteiger partial charge in [-0.25, -0.2) is 0 Å². The number of nitrogens with zero attached hydrogens (tertiary/aromatic N) is 1. The lowest BCUT2D eigenvalue weighted by Gasteiger charge is -2.25. The molecular weight excluding hydrogens is 218 g/mol. The molecule has 0 N–H and O–H groups in total. The largest absolute Gasteiger partial charge is 0.297 e. The summed E-state index contributed by atoms with van der Waals surface area (Å²) in [5, 5.41) is 0. The van der Waals surface area contributed by atoms with E-state index in [1.807, 2.05) is 0 Å². The van der Waals surface area contributed by atoms with Crippen LogP contribution in [-0.4, -0.2) is 24.0 Å². The lowest BCUT2D eigenvalue weighted by molar-refractivity contribution is 0.245. The van der Waals surface area contributed by atoms with E-state index in [0.717, 1.165) is 12.5 Å². The topological polar surface area (TPSA) is 3.24 Å². The van der Waals surface area contributed by atoms with Crippen molar-refractivity contribution in [1.29, 1.82) is 0 Å². The van der Waals surface area contributed by atoms with Crippen molar-refractivity contribution in [3.05, 3.63) is 11.6 Å². The summed E-state index contributed by atoms with van der Waals surface area (Å²) in [6.45, 7) is 11.6. The number of hydrogen-bond donors (Lipinski definition) is 0. The fourth-order valence-corrected chi connectivity index (χ4v) is 3.05. The summed E-state index contributed by atoms with van der Waals surface area (Å²) in [5.41, 5.74) is 1.61. The van der Waals surface area contributed by atoms with Gasteiger partial charge in [-0.15, -0.1) is 0 Å². The Morgan fingerprint density at radius 1 is 1.22 bits per heavy atom. The lowest BCUT2D eigenvalue weighted by atomic mass is 9.85. The second-order valence-corrected chi connectivity index (χ2v) is 6.35. The highest BCUT2D eigenvalue weighted by Gasteiger charge is 2.13. The van der Waals surface area contributed by atoms with E-state index in [2.05, 4.69) is 38.7 Å². The van der Waals surface area contributed by atoms with Crippen LogP contribution in [-0.2, 0) is 0 Å². The average Bonchev–Trinajstić information content (AvgIpc) is 2.35. The molecule has 1 aliphatic rings. The first-order chi connectivity index (χ1) is 8.63. The van der Waals surface area contributed by atoms with Crippen molar-refractivity contribution >= 4 is 0 Å². The number of hydrogen-bond acceptors (Lipinski definition) is 1. The molecule has 1 rings (SSSR count). The van der Waals surface area contributed by atoms with Gasteiger partial charge in [0.2, 0.25) is 0 Å². The number of rotatable bonds is 7. The summed E-state index contributed by atoms with van der Waals surface area (Å²) in [5.74, 6) is 0.980. The maximum atomic E-state index is 2.57. The van der Waals surface area contributed by atoms with Gasteiger partial charge in [0.05, 0.1) is 0 Å². The molecule has 0 amide bonds. The summed E-state index contributed by atoms with van der Waals surface area (Å²) in [4.78, 5) is 2.57. The van der Waals surface area contributed by atoms with Crippen LogP contribution < -0.4 is 0 Å². The smallest absolute Gasteiger partial charge is 0.0168 e. The highest BCUT2D eigenvalue weighted by Crippen LogP contribution is 2.28. The Hall–Kier alpha value is -0.300. The van der Waals surface area contributed by atoms with Gasteiger partial charge in [0.25, 0.3) is 0 Å². The quantitative estimate of drug-likeness (QED) is 0.574. The zero-order chi connectivity index (χ0) is 13.4. The zero-order valence-corrected chi connectivity index (χ0v) is 13.0. The standard InChI is InChI=1S/C17H33N/c1-5-12-18(15(2)3)13-11-16(4)14-17-9-7-6-8-10-17/h11,15,17H,5-10,12-14H2,1-4H3. The Bertz CT molecular complexity index is 236. The van der Waals surface area contributed by atoms with E-state index >= 15 is 0 Å². The van der Waals surface area contributed by atoms with Crippen molar-refractivity contribution < 1.29 is 0 Å². The summed E-state index contributed by atoms with van der Waals surface area (Å²) >= 11 is 0. The molecule has 0 aliphatic heterocycles. The van der Waals surface area contributed by atoms with E-state index in [1.54, 1.807) is 5.57 Å². The molecule has 0 unspecified atom stereocenters. The van der Waals surface area contributed by atoms with Crippen LogP contribution in [0.3, 0.4) is 0 Å². The summed E-state index contributed by atoms with van der Waals surface area (Å²) in [7, 11) is 0. The maximum Gasteiger partial charge on any atom is 0.0168 e. The molecule has 1 saturated carbocycles. The molecule has 1 fully saturated rings. The Balaban J connectivity index is 2.34. The van der Waals surface area contributed by atoms with E-state index in [1.165, 1.54) is 51.5 Å². The third kappa shape index (κ3) is 6.04. The summed E-state index contributed by atoms with van der Waals surface area (Å²) in [6, 6.07) is 0.670. The van der Waals surface area contributed by atoms with Crippen LogP contribution in [0, 0.1) is 5.92 Å². The Kier molecular flexibility index (Phi) is 7.65. The first kappa shape index (κ1) is 15.8. The molecule has 18 heavy (non-hydrogen) atoms. The lowest BCUT2D eigenvalue weighted by Crippen LogP contribution is -2.31. The third-order valence-corrected chi connectivity index (χ3v) is 4.25. The van der Waals surface area contributed by atoms with Crippen molar-refractivity contribution in [2.24, 2.45) is 5.92 Å². The maximum absolute atomic E-state index is 2.57. The SMILES string of the molecule is CCCN(CC=C(C)CC1CCCCC1)C(C)C. The van der Waals surface area contributed by atoms with Crippen LogP contribution in [0.25, 0.3) is 0 Å². The van der Waals surface area contributed by atoms with Crippen LogP contribution in [0.1, 0.15) is 72.6 Å². The minimum atomic E-state index is 0.670. The second kappa shape index (κ2) is 8.74. The molecule has 106 valence electrons. The molecule has 1 heteroatoms. The van der Waals surface area contributed by atoms with Crippen molar-refractivity contribution in [2.75, 3.05) is 13.1 Å². The molecule has 0 spiro atoms. The molecule has 0 heterocycles. The molecule has 0 aromatic carbocycles. The van der Waals surface area contributed by atoms with Gasteiger partial charge in [-0.05, 0) is 46.1 Å². The van der Waals surface area contributed by atoms with Crippen LogP contribution in [0.2, 0.25) is 0 Å².